The van der Waals surface area contributed by atoms with Gasteiger partial charge in [0.05, 0.1) is 36.8 Å². The molecule has 2 aromatic carbocycles. The van der Waals surface area contributed by atoms with E-state index in [1.807, 2.05) is 12.1 Å². The molecule has 0 saturated heterocycles. The normalized spacial score (nSPS) is 13.0. The van der Waals surface area contributed by atoms with Crippen LogP contribution in [0.2, 0.25) is 0 Å². The van der Waals surface area contributed by atoms with Crippen molar-refractivity contribution in [1.82, 2.24) is 9.97 Å². The van der Waals surface area contributed by atoms with Crippen molar-refractivity contribution in [3.8, 4) is 22.8 Å². The summed E-state index contributed by atoms with van der Waals surface area (Å²) in [5, 5.41) is 9.43. The van der Waals surface area contributed by atoms with Crippen LogP contribution in [0, 0.1) is 0 Å². The van der Waals surface area contributed by atoms with E-state index in [1.54, 1.807) is 54.6 Å². The van der Waals surface area contributed by atoms with Crippen LogP contribution in [0.5, 0.6) is 11.5 Å². The highest BCUT2D eigenvalue weighted by Crippen LogP contribution is 2.35. The van der Waals surface area contributed by atoms with E-state index >= 15 is 0 Å². The topological polar surface area (TPSA) is 75.5 Å². The molecule has 1 aliphatic heterocycles. The number of carbonyl (C=O) groups excluding carboxylic acids is 1. The van der Waals surface area contributed by atoms with Crippen LogP contribution in [0.3, 0.4) is 0 Å². The first-order chi connectivity index (χ1) is 12.2. The Balaban J connectivity index is 1.76. The largest absolute Gasteiger partial charge is 0.508 e. The van der Waals surface area contributed by atoms with Gasteiger partial charge >= 0.3 is 0 Å². The van der Waals surface area contributed by atoms with Gasteiger partial charge in [-0.3, -0.25) is 14.7 Å². The van der Waals surface area contributed by atoms with Gasteiger partial charge in [-0.05, 0) is 48.5 Å². The Kier molecular flexibility index (Phi) is 3.57. The summed E-state index contributed by atoms with van der Waals surface area (Å²) in [7, 11) is 1.60. The van der Waals surface area contributed by atoms with Gasteiger partial charge in [-0.1, -0.05) is 0 Å². The number of nitrogens with zero attached hydrogens (tertiary/aromatic N) is 3. The summed E-state index contributed by atoms with van der Waals surface area (Å²) < 4.78 is 5.16. The number of benzene rings is 2. The molecule has 25 heavy (non-hydrogen) atoms. The van der Waals surface area contributed by atoms with Crippen LogP contribution >= 0.6 is 0 Å². The Morgan fingerprint density at radius 1 is 1.08 bits per heavy atom. The number of phenolic OH excluding ortho intramolecular Hbond substituents is 1. The van der Waals surface area contributed by atoms with Crippen molar-refractivity contribution < 1.29 is 14.6 Å². The maximum atomic E-state index is 12.5. The van der Waals surface area contributed by atoms with Gasteiger partial charge in [-0.2, -0.15) is 0 Å². The van der Waals surface area contributed by atoms with E-state index in [9.17, 15) is 9.90 Å². The standard InChI is InChI=1S/C19H15N3O3/c1-25-15-8-4-13(5-9-15)22-18(24)10-16-19(22)21-17(11-20-16)12-2-6-14(23)7-3-12/h2-9,11,23H,10H2,1H3. The van der Waals surface area contributed by atoms with Gasteiger partial charge in [-0.25, -0.2) is 4.98 Å². The fourth-order valence-corrected chi connectivity index (χ4v) is 2.82. The summed E-state index contributed by atoms with van der Waals surface area (Å²) in [6, 6.07) is 14.0. The summed E-state index contributed by atoms with van der Waals surface area (Å²) in [6.45, 7) is 0. The minimum atomic E-state index is -0.0666. The van der Waals surface area contributed by atoms with Crippen molar-refractivity contribution in [1.29, 1.82) is 0 Å². The average Bonchev–Trinajstić information content (AvgIpc) is 2.97. The lowest BCUT2D eigenvalue weighted by molar-refractivity contribution is -0.116. The SMILES string of the molecule is COc1ccc(N2C(=O)Cc3ncc(-c4ccc(O)cc4)nc32)cc1. The van der Waals surface area contributed by atoms with E-state index in [0.29, 0.717) is 17.2 Å². The Bertz CT molecular complexity index is 937. The van der Waals surface area contributed by atoms with Crippen molar-refractivity contribution in [3.63, 3.8) is 0 Å². The first-order valence-corrected chi connectivity index (χ1v) is 7.78. The van der Waals surface area contributed by atoms with E-state index in [1.165, 1.54) is 0 Å². The Hall–Kier alpha value is -3.41. The number of methoxy groups -OCH3 is 1. The van der Waals surface area contributed by atoms with Crippen molar-refractivity contribution >= 4 is 17.4 Å². The molecule has 0 spiro atoms. The second kappa shape index (κ2) is 5.90. The third-order valence-corrected chi connectivity index (χ3v) is 4.10. The number of ether oxygens (including phenoxy) is 1. The van der Waals surface area contributed by atoms with Crippen LogP contribution in [0.1, 0.15) is 5.69 Å². The fourth-order valence-electron chi connectivity index (χ4n) is 2.82. The fraction of sp³-hybridized carbons (Fsp3) is 0.105. The van der Waals surface area contributed by atoms with Gasteiger partial charge in [0, 0.05) is 5.56 Å². The van der Waals surface area contributed by atoms with E-state index in [-0.39, 0.29) is 18.1 Å². The van der Waals surface area contributed by atoms with Crippen LogP contribution in [0.15, 0.2) is 54.7 Å². The average molecular weight is 333 g/mol. The lowest BCUT2D eigenvalue weighted by Crippen LogP contribution is -2.21. The van der Waals surface area contributed by atoms with Crippen LogP contribution < -0.4 is 9.64 Å². The summed E-state index contributed by atoms with van der Waals surface area (Å²) in [5.41, 5.74) is 2.85. The quantitative estimate of drug-likeness (QED) is 0.797. The number of rotatable bonds is 3. The van der Waals surface area contributed by atoms with Gasteiger partial charge in [-0.15, -0.1) is 0 Å². The maximum Gasteiger partial charge on any atom is 0.238 e. The monoisotopic (exact) mass is 333 g/mol. The highest BCUT2D eigenvalue weighted by Gasteiger charge is 2.31. The zero-order valence-corrected chi connectivity index (χ0v) is 13.5. The lowest BCUT2D eigenvalue weighted by atomic mass is 10.1. The number of hydrogen-bond donors (Lipinski definition) is 1. The molecule has 0 saturated carbocycles. The number of fused-ring (bicyclic) bond motifs is 1. The molecule has 0 bridgehead atoms. The van der Waals surface area contributed by atoms with Crippen molar-refractivity contribution in [2.75, 3.05) is 12.0 Å². The molecule has 0 fully saturated rings. The molecule has 1 aromatic heterocycles. The van der Waals surface area contributed by atoms with Gasteiger partial charge < -0.3 is 9.84 Å². The van der Waals surface area contributed by atoms with Crippen LogP contribution in [-0.4, -0.2) is 28.1 Å². The minimum Gasteiger partial charge on any atom is -0.508 e. The molecule has 3 aromatic rings. The molecular formula is C19H15N3O3. The second-order valence-electron chi connectivity index (χ2n) is 5.68. The Morgan fingerprint density at radius 2 is 1.80 bits per heavy atom. The van der Waals surface area contributed by atoms with Gasteiger partial charge in [0.1, 0.15) is 11.5 Å². The lowest BCUT2D eigenvalue weighted by Gasteiger charge is -2.17. The first kappa shape index (κ1) is 15.1. The number of aromatic hydroxyl groups is 1. The van der Waals surface area contributed by atoms with Crippen molar-refractivity contribution in [3.05, 3.63) is 60.4 Å². The molecule has 124 valence electrons. The molecular weight excluding hydrogens is 318 g/mol. The van der Waals surface area contributed by atoms with E-state index < -0.39 is 0 Å². The van der Waals surface area contributed by atoms with E-state index in [0.717, 1.165) is 17.0 Å². The molecule has 1 aliphatic rings. The zero-order chi connectivity index (χ0) is 17.4. The van der Waals surface area contributed by atoms with Crippen LogP contribution in [0.4, 0.5) is 11.5 Å². The maximum absolute atomic E-state index is 12.5. The van der Waals surface area contributed by atoms with Crippen molar-refractivity contribution in [2.45, 2.75) is 6.42 Å². The predicted molar refractivity (Wildman–Crippen MR) is 93.0 cm³/mol. The third kappa shape index (κ3) is 2.67. The molecule has 1 amide bonds. The third-order valence-electron chi connectivity index (χ3n) is 4.10. The smallest absolute Gasteiger partial charge is 0.238 e. The molecule has 6 nitrogen and oxygen atoms in total. The van der Waals surface area contributed by atoms with E-state index in [4.69, 9.17) is 4.74 Å². The minimum absolute atomic E-state index is 0.0666. The highest BCUT2D eigenvalue weighted by molar-refractivity contribution is 6.05. The molecule has 0 unspecified atom stereocenters. The highest BCUT2D eigenvalue weighted by atomic mass is 16.5. The molecule has 0 aliphatic carbocycles. The molecule has 2 heterocycles. The molecule has 0 atom stereocenters. The van der Waals surface area contributed by atoms with Gasteiger partial charge in [0.15, 0.2) is 5.82 Å². The summed E-state index contributed by atoms with van der Waals surface area (Å²) >= 11 is 0. The molecule has 1 N–H and O–H groups in total. The van der Waals surface area contributed by atoms with Crippen molar-refractivity contribution in [2.24, 2.45) is 0 Å². The Labute approximate surface area is 144 Å². The van der Waals surface area contributed by atoms with Crippen LogP contribution in [-0.2, 0) is 11.2 Å². The van der Waals surface area contributed by atoms with E-state index in [2.05, 4.69) is 9.97 Å². The first-order valence-electron chi connectivity index (χ1n) is 7.78. The molecule has 6 heteroatoms. The summed E-state index contributed by atoms with van der Waals surface area (Å²) in [6.07, 6.45) is 1.88. The molecule has 4 rings (SSSR count). The van der Waals surface area contributed by atoms with Gasteiger partial charge in [0.2, 0.25) is 5.91 Å². The number of anilines is 2. The second-order valence-corrected chi connectivity index (χ2v) is 5.68. The summed E-state index contributed by atoms with van der Waals surface area (Å²) in [4.78, 5) is 23.1. The number of amides is 1. The molecule has 0 radical (unpaired) electrons. The predicted octanol–water partition coefficient (Wildman–Crippen LogP) is 3.08. The summed E-state index contributed by atoms with van der Waals surface area (Å²) in [5.74, 6) is 1.39. The number of hydrogen-bond acceptors (Lipinski definition) is 5. The number of aromatic nitrogens is 2. The van der Waals surface area contributed by atoms with Gasteiger partial charge in [0.25, 0.3) is 0 Å². The van der Waals surface area contributed by atoms with Crippen LogP contribution in [0.25, 0.3) is 11.3 Å². The zero-order valence-electron chi connectivity index (χ0n) is 13.5. The number of phenols is 1. The number of carbonyl (C=O) groups is 1. The Morgan fingerprint density at radius 3 is 2.48 bits per heavy atom.